The van der Waals surface area contributed by atoms with E-state index in [4.69, 9.17) is 5.73 Å². The summed E-state index contributed by atoms with van der Waals surface area (Å²) in [6.45, 7) is 6.84. The summed E-state index contributed by atoms with van der Waals surface area (Å²) in [6, 6.07) is 0.175. The van der Waals surface area contributed by atoms with Crippen molar-refractivity contribution in [2.75, 3.05) is 25.9 Å². The largest absolute Gasteiger partial charge is 0.328 e. The van der Waals surface area contributed by atoms with Gasteiger partial charge in [0, 0.05) is 12.6 Å². The lowest BCUT2D eigenvalue weighted by molar-refractivity contribution is 0.337. The molecular weight excluding hydrogens is 212 g/mol. The van der Waals surface area contributed by atoms with E-state index in [2.05, 4.69) is 0 Å². The predicted molar refractivity (Wildman–Crippen MR) is 64.7 cm³/mol. The van der Waals surface area contributed by atoms with Gasteiger partial charge in [-0.2, -0.15) is 0 Å². The molecule has 0 saturated carbocycles. The first kappa shape index (κ1) is 14.9. The molecule has 4 nitrogen and oxygen atoms in total. The van der Waals surface area contributed by atoms with Crippen LogP contribution in [-0.2, 0) is 9.84 Å². The number of hydrogen-bond donors (Lipinski definition) is 1. The van der Waals surface area contributed by atoms with E-state index in [9.17, 15) is 8.42 Å². The highest BCUT2D eigenvalue weighted by molar-refractivity contribution is 7.92. The summed E-state index contributed by atoms with van der Waals surface area (Å²) in [5, 5.41) is -0.278. The Kier molecular flexibility index (Phi) is 6.40. The van der Waals surface area contributed by atoms with Crippen molar-refractivity contribution in [2.24, 2.45) is 5.73 Å². The zero-order chi connectivity index (χ0) is 12.1. The van der Waals surface area contributed by atoms with Gasteiger partial charge in [0.15, 0.2) is 9.84 Å². The van der Waals surface area contributed by atoms with Crippen molar-refractivity contribution in [3.05, 3.63) is 0 Å². The molecule has 0 amide bonds. The highest BCUT2D eigenvalue weighted by Crippen LogP contribution is 2.01. The van der Waals surface area contributed by atoms with E-state index >= 15 is 0 Å². The van der Waals surface area contributed by atoms with Gasteiger partial charge in [-0.1, -0.05) is 0 Å². The molecule has 92 valence electrons. The van der Waals surface area contributed by atoms with Crippen molar-refractivity contribution < 1.29 is 8.42 Å². The van der Waals surface area contributed by atoms with Gasteiger partial charge in [-0.25, -0.2) is 8.42 Å². The van der Waals surface area contributed by atoms with Gasteiger partial charge in [-0.05, 0) is 40.8 Å². The third-order valence-electron chi connectivity index (χ3n) is 2.44. The van der Waals surface area contributed by atoms with E-state index in [1.54, 1.807) is 13.8 Å². The monoisotopic (exact) mass is 236 g/mol. The van der Waals surface area contributed by atoms with Crippen LogP contribution in [0.2, 0.25) is 0 Å². The molecule has 0 spiro atoms. The molecule has 0 aromatic heterocycles. The lowest BCUT2D eigenvalue weighted by Gasteiger charge is -2.18. The Morgan fingerprint density at radius 1 is 1.20 bits per heavy atom. The Morgan fingerprint density at radius 3 is 2.13 bits per heavy atom. The van der Waals surface area contributed by atoms with E-state index in [0.29, 0.717) is 6.54 Å². The van der Waals surface area contributed by atoms with Crippen LogP contribution in [0.25, 0.3) is 0 Å². The van der Waals surface area contributed by atoms with Crippen LogP contribution in [0.4, 0.5) is 0 Å². The first-order valence-corrected chi connectivity index (χ1v) is 7.13. The first-order valence-electron chi connectivity index (χ1n) is 5.41. The van der Waals surface area contributed by atoms with Crippen LogP contribution >= 0.6 is 0 Å². The standard InChI is InChI=1S/C10H24N2O2S/c1-9(2)15(13,14)8-7-12(4)6-5-10(3)11/h9-10H,5-8,11H2,1-4H3. The van der Waals surface area contributed by atoms with Gasteiger partial charge < -0.3 is 10.6 Å². The topological polar surface area (TPSA) is 63.4 Å². The summed E-state index contributed by atoms with van der Waals surface area (Å²) in [4.78, 5) is 2.02. The highest BCUT2D eigenvalue weighted by Gasteiger charge is 2.16. The quantitative estimate of drug-likeness (QED) is 0.698. The zero-order valence-corrected chi connectivity index (χ0v) is 11.0. The highest BCUT2D eigenvalue weighted by atomic mass is 32.2. The molecule has 1 unspecified atom stereocenters. The fourth-order valence-electron chi connectivity index (χ4n) is 1.05. The van der Waals surface area contributed by atoms with E-state index in [0.717, 1.165) is 13.0 Å². The van der Waals surface area contributed by atoms with Gasteiger partial charge in [-0.3, -0.25) is 0 Å². The summed E-state index contributed by atoms with van der Waals surface area (Å²) in [7, 11) is -0.976. The minimum Gasteiger partial charge on any atom is -0.328 e. The summed E-state index contributed by atoms with van der Waals surface area (Å²) in [5.41, 5.74) is 5.63. The third-order valence-corrected chi connectivity index (χ3v) is 4.63. The van der Waals surface area contributed by atoms with Crippen LogP contribution in [0.1, 0.15) is 27.2 Å². The SMILES string of the molecule is CC(N)CCN(C)CCS(=O)(=O)C(C)C. The Hall–Kier alpha value is -0.130. The molecule has 0 saturated heterocycles. The van der Waals surface area contributed by atoms with Gasteiger partial charge in [-0.15, -0.1) is 0 Å². The minimum absolute atomic E-state index is 0.175. The normalized spacial score (nSPS) is 14.9. The maximum Gasteiger partial charge on any atom is 0.153 e. The Labute approximate surface area is 93.7 Å². The van der Waals surface area contributed by atoms with Gasteiger partial charge in [0.05, 0.1) is 11.0 Å². The second kappa shape index (κ2) is 6.45. The second-order valence-electron chi connectivity index (χ2n) is 4.48. The maximum absolute atomic E-state index is 11.5. The van der Waals surface area contributed by atoms with Crippen molar-refractivity contribution in [3.63, 3.8) is 0 Å². The van der Waals surface area contributed by atoms with Crippen molar-refractivity contribution in [1.82, 2.24) is 4.90 Å². The zero-order valence-electron chi connectivity index (χ0n) is 10.2. The van der Waals surface area contributed by atoms with E-state index in [1.165, 1.54) is 0 Å². The number of hydrogen-bond acceptors (Lipinski definition) is 4. The predicted octanol–water partition coefficient (Wildman–Crippen LogP) is 0.479. The molecule has 0 aromatic carbocycles. The van der Waals surface area contributed by atoms with Crippen molar-refractivity contribution in [1.29, 1.82) is 0 Å². The molecule has 0 aromatic rings. The minimum atomic E-state index is -2.90. The molecular formula is C10H24N2O2S. The molecule has 0 aliphatic carbocycles. The van der Waals surface area contributed by atoms with Crippen LogP contribution in [0, 0.1) is 0 Å². The molecule has 0 radical (unpaired) electrons. The van der Waals surface area contributed by atoms with Crippen LogP contribution < -0.4 is 5.73 Å². The number of sulfone groups is 1. The average Bonchev–Trinajstić information content (AvgIpc) is 2.11. The van der Waals surface area contributed by atoms with Crippen LogP contribution in [0.5, 0.6) is 0 Å². The Bertz CT molecular complexity index is 261. The molecule has 15 heavy (non-hydrogen) atoms. The fraction of sp³-hybridized carbons (Fsp3) is 1.00. The third kappa shape index (κ3) is 6.87. The van der Waals surface area contributed by atoms with Crippen LogP contribution in [-0.4, -0.2) is 50.5 Å². The van der Waals surface area contributed by atoms with Gasteiger partial charge in [0.1, 0.15) is 0 Å². The maximum atomic E-state index is 11.5. The first-order chi connectivity index (χ1) is 6.75. The van der Waals surface area contributed by atoms with Gasteiger partial charge in [0.2, 0.25) is 0 Å². The molecule has 0 rings (SSSR count). The lowest BCUT2D eigenvalue weighted by Crippen LogP contribution is -2.31. The fourth-order valence-corrected chi connectivity index (χ4v) is 2.09. The molecule has 0 fully saturated rings. The second-order valence-corrected chi connectivity index (χ2v) is 7.16. The lowest BCUT2D eigenvalue weighted by atomic mass is 10.2. The summed E-state index contributed by atoms with van der Waals surface area (Å²) >= 11 is 0. The van der Waals surface area contributed by atoms with Gasteiger partial charge >= 0.3 is 0 Å². The Balaban J connectivity index is 3.86. The molecule has 2 N–H and O–H groups in total. The van der Waals surface area contributed by atoms with Gasteiger partial charge in [0.25, 0.3) is 0 Å². The van der Waals surface area contributed by atoms with Crippen LogP contribution in [0.3, 0.4) is 0 Å². The molecule has 0 bridgehead atoms. The van der Waals surface area contributed by atoms with Crippen molar-refractivity contribution in [2.45, 2.75) is 38.5 Å². The Morgan fingerprint density at radius 2 is 1.73 bits per heavy atom. The van der Waals surface area contributed by atoms with E-state index in [-0.39, 0.29) is 17.0 Å². The smallest absolute Gasteiger partial charge is 0.153 e. The number of nitrogens with zero attached hydrogens (tertiary/aromatic N) is 1. The summed E-state index contributed by atoms with van der Waals surface area (Å²) < 4.78 is 23.0. The van der Waals surface area contributed by atoms with Crippen LogP contribution in [0.15, 0.2) is 0 Å². The van der Waals surface area contributed by atoms with E-state index < -0.39 is 9.84 Å². The van der Waals surface area contributed by atoms with Crippen molar-refractivity contribution in [3.8, 4) is 0 Å². The molecule has 5 heteroatoms. The molecule has 0 aliphatic heterocycles. The summed E-state index contributed by atoms with van der Waals surface area (Å²) in [6.07, 6.45) is 0.901. The molecule has 0 aliphatic rings. The molecule has 0 heterocycles. The average molecular weight is 236 g/mol. The number of rotatable bonds is 7. The molecule has 1 atom stereocenters. The van der Waals surface area contributed by atoms with E-state index in [1.807, 2.05) is 18.9 Å². The van der Waals surface area contributed by atoms with Crippen molar-refractivity contribution >= 4 is 9.84 Å². The number of nitrogens with two attached hydrogens (primary N) is 1. The summed E-state index contributed by atoms with van der Waals surface area (Å²) in [5.74, 6) is 0.236.